The largest absolute Gasteiger partial charge is 0.311 e. The predicted octanol–water partition coefficient (Wildman–Crippen LogP) is 3.08. The first-order valence-corrected chi connectivity index (χ1v) is 7.76. The third-order valence-corrected chi connectivity index (χ3v) is 4.14. The number of rotatable bonds is 5. The first-order chi connectivity index (χ1) is 9.54. The minimum Gasteiger partial charge on any atom is -0.311 e. The Labute approximate surface area is 122 Å². The molecule has 1 aromatic carbocycles. The van der Waals surface area contributed by atoms with Crippen LogP contribution in [0.15, 0.2) is 24.3 Å². The predicted molar refractivity (Wildman–Crippen MR) is 82.4 cm³/mol. The Bertz CT molecular complexity index is 402. The van der Waals surface area contributed by atoms with Crippen molar-refractivity contribution in [2.75, 3.05) is 19.6 Å². The first kappa shape index (κ1) is 15.5. The van der Waals surface area contributed by atoms with Crippen molar-refractivity contribution in [3.8, 4) is 0 Å². The molecule has 3 heteroatoms. The molecule has 2 atom stereocenters. The summed E-state index contributed by atoms with van der Waals surface area (Å²) in [5, 5.41) is 3.64. The molecule has 1 aromatic rings. The van der Waals surface area contributed by atoms with Gasteiger partial charge in [0, 0.05) is 31.7 Å². The van der Waals surface area contributed by atoms with Crippen molar-refractivity contribution in [2.24, 2.45) is 5.92 Å². The molecule has 0 aliphatic carbocycles. The van der Waals surface area contributed by atoms with E-state index in [0.29, 0.717) is 12.1 Å². The lowest BCUT2D eigenvalue weighted by atomic mass is 9.99. The van der Waals surface area contributed by atoms with E-state index in [4.69, 9.17) is 0 Å². The summed E-state index contributed by atoms with van der Waals surface area (Å²) in [6.07, 6.45) is 2.23. The molecule has 0 amide bonds. The third-order valence-electron chi connectivity index (χ3n) is 4.14. The van der Waals surface area contributed by atoms with Gasteiger partial charge in [-0.15, -0.1) is 0 Å². The Balaban J connectivity index is 1.85. The highest BCUT2D eigenvalue weighted by Crippen LogP contribution is 2.14. The van der Waals surface area contributed by atoms with Crippen LogP contribution < -0.4 is 5.32 Å². The van der Waals surface area contributed by atoms with Gasteiger partial charge in [0.15, 0.2) is 0 Å². The second-order valence-electron chi connectivity index (χ2n) is 6.46. The number of hydrogen-bond acceptors (Lipinski definition) is 2. The van der Waals surface area contributed by atoms with Gasteiger partial charge in [-0.25, -0.2) is 4.39 Å². The summed E-state index contributed by atoms with van der Waals surface area (Å²) < 4.78 is 12.9. The Morgan fingerprint density at radius 3 is 2.65 bits per heavy atom. The van der Waals surface area contributed by atoms with Crippen molar-refractivity contribution in [3.05, 3.63) is 35.6 Å². The zero-order valence-corrected chi connectivity index (χ0v) is 12.9. The Morgan fingerprint density at radius 1 is 1.30 bits per heavy atom. The maximum atomic E-state index is 12.9. The molecule has 1 aliphatic heterocycles. The van der Waals surface area contributed by atoms with Crippen molar-refractivity contribution >= 4 is 0 Å². The molecule has 2 rings (SSSR count). The van der Waals surface area contributed by atoms with E-state index in [1.54, 1.807) is 12.1 Å². The van der Waals surface area contributed by atoms with Gasteiger partial charge in [-0.2, -0.15) is 0 Å². The van der Waals surface area contributed by atoms with Crippen LogP contribution >= 0.6 is 0 Å². The molecule has 2 nitrogen and oxygen atoms in total. The smallest absolute Gasteiger partial charge is 0.123 e. The van der Waals surface area contributed by atoms with Crippen LogP contribution in [-0.2, 0) is 6.42 Å². The second-order valence-corrected chi connectivity index (χ2v) is 6.46. The van der Waals surface area contributed by atoms with Crippen LogP contribution in [0, 0.1) is 11.7 Å². The van der Waals surface area contributed by atoms with Crippen LogP contribution in [0.5, 0.6) is 0 Å². The average molecular weight is 278 g/mol. The molecule has 0 radical (unpaired) electrons. The van der Waals surface area contributed by atoms with Gasteiger partial charge in [0.05, 0.1) is 0 Å². The minimum atomic E-state index is -0.152. The summed E-state index contributed by atoms with van der Waals surface area (Å²) in [6.45, 7) is 10.1. The molecule has 0 bridgehead atoms. The standard InChI is InChI=1S/C17H27FN2/c1-13(2)10-17-12-20(14(3)11-19-17)9-8-15-4-6-16(18)7-5-15/h4-7,13-14,17,19H,8-12H2,1-3H3. The maximum Gasteiger partial charge on any atom is 0.123 e. The van der Waals surface area contributed by atoms with Crippen LogP contribution in [-0.4, -0.2) is 36.6 Å². The van der Waals surface area contributed by atoms with E-state index in [0.717, 1.165) is 32.0 Å². The van der Waals surface area contributed by atoms with Crippen molar-refractivity contribution < 1.29 is 4.39 Å². The van der Waals surface area contributed by atoms with Gasteiger partial charge in [0.2, 0.25) is 0 Å². The van der Waals surface area contributed by atoms with E-state index < -0.39 is 0 Å². The van der Waals surface area contributed by atoms with E-state index in [-0.39, 0.29) is 5.82 Å². The molecular formula is C17H27FN2. The number of benzene rings is 1. The molecule has 1 saturated heterocycles. The maximum absolute atomic E-state index is 12.9. The molecule has 1 fully saturated rings. The number of hydrogen-bond donors (Lipinski definition) is 1. The quantitative estimate of drug-likeness (QED) is 0.890. The van der Waals surface area contributed by atoms with Crippen LogP contribution in [0.3, 0.4) is 0 Å². The molecule has 20 heavy (non-hydrogen) atoms. The first-order valence-electron chi connectivity index (χ1n) is 7.76. The Hall–Kier alpha value is -0.930. The van der Waals surface area contributed by atoms with Crippen LogP contribution in [0.4, 0.5) is 4.39 Å². The van der Waals surface area contributed by atoms with E-state index in [1.165, 1.54) is 12.0 Å². The summed E-state index contributed by atoms with van der Waals surface area (Å²) in [5.41, 5.74) is 1.22. The van der Waals surface area contributed by atoms with Crippen LogP contribution in [0.25, 0.3) is 0 Å². The number of piperazine rings is 1. The SMILES string of the molecule is CC(C)CC1CN(CCc2ccc(F)cc2)C(C)CN1. The van der Waals surface area contributed by atoms with Crippen LogP contribution in [0.2, 0.25) is 0 Å². The number of halogens is 1. The molecule has 1 N–H and O–H groups in total. The summed E-state index contributed by atoms with van der Waals surface area (Å²) in [5.74, 6) is 0.584. The average Bonchev–Trinajstić information content (AvgIpc) is 2.40. The van der Waals surface area contributed by atoms with Crippen LogP contribution in [0.1, 0.15) is 32.8 Å². The van der Waals surface area contributed by atoms with E-state index in [9.17, 15) is 4.39 Å². The minimum absolute atomic E-state index is 0.152. The zero-order chi connectivity index (χ0) is 14.5. The van der Waals surface area contributed by atoms with Gasteiger partial charge < -0.3 is 5.32 Å². The molecular weight excluding hydrogens is 251 g/mol. The summed E-state index contributed by atoms with van der Waals surface area (Å²) in [4.78, 5) is 2.56. The fourth-order valence-electron chi connectivity index (χ4n) is 2.96. The van der Waals surface area contributed by atoms with Gasteiger partial charge in [0.1, 0.15) is 5.82 Å². The number of nitrogens with zero attached hydrogens (tertiary/aromatic N) is 1. The van der Waals surface area contributed by atoms with Crippen molar-refractivity contribution in [1.29, 1.82) is 0 Å². The van der Waals surface area contributed by atoms with Gasteiger partial charge in [-0.1, -0.05) is 26.0 Å². The molecule has 0 aromatic heterocycles. The lowest BCUT2D eigenvalue weighted by Crippen LogP contribution is -2.56. The third kappa shape index (κ3) is 4.57. The summed E-state index contributed by atoms with van der Waals surface area (Å²) in [6, 6.07) is 8.09. The Morgan fingerprint density at radius 2 is 2.00 bits per heavy atom. The second kappa shape index (κ2) is 7.19. The topological polar surface area (TPSA) is 15.3 Å². The van der Waals surface area contributed by atoms with Gasteiger partial charge in [-0.05, 0) is 43.4 Å². The lowest BCUT2D eigenvalue weighted by Gasteiger charge is -2.39. The summed E-state index contributed by atoms with van der Waals surface area (Å²) >= 11 is 0. The molecule has 112 valence electrons. The summed E-state index contributed by atoms with van der Waals surface area (Å²) in [7, 11) is 0. The lowest BCUT2D eigenvalue weighted by molar-refractivity contribution is 0.133. The van der Waals surface area contributed by atoms with Crippen molar-refractivity contribution in [1.82, 2.24) is 10.2 Å². The van der Waals surface area contributed by atoms with Gasteiger partial charge >= 0.3 is 0 Å². The number of nitrogens with one attached hydrogen (secondary N) is 1. The molecule has 2 unspecified atom stereocenters. The van der Waals surface area contributed by atoms with Crippen molar-refractivity contribution in [3.63, 3.8) is 0 Å². The van der Waals surface area contributed by atoms with E-state index in [2.05, 4.69) is 31.0 Å². The molecule has 0 spiro atoms. The Kier molecular flexibility index (Phi) is 5.55. The van der Waals surface area contributed by atoms with Crippen molar-refractivity contribution in [2.45, 2.75) is 45.7 Å². The van der Waals surface area contributed by atoms with Gasteiger partial charge in [-0.3, -0.25) is 4.90 Å². The highest BCUT2D eigenvalue weighted by Gasteiger charge is 2.24. The van der Waals surface area contributed by atoms with E-state index >= 15 is 0 Å². The fourth-order valence-corrected chi connectivity index (χ4v) is 2.96. The highest BCUT2D eigenvalue weighted by atomic mass is 19.1. The molecule has 1 heterocycles. The highest BCUT2D eigenvalue weighted by molar-refractivity contribution is 5.16. The molecule has 0 saturated carbocycles. The zero-order valence-electron chi connectivity index (χ0n) is 12.9. The fraction of sp³-hybridized carbons (Fsp3) is 0.647. The normalized spacial score (nSPS) is 24.2. The van der Waals surface area contributed by atoms with E-state index in [1.807, 2.05) is 12.1 Å². The van der Waals surface area contributed by atoms with Gasteiger partial charge in [0.25, 0.3) is 0 Å². The molecule has 1 aliphatic rings. The monoisotopic (exact) mass is 278 g/mol.